The number of esters is 1. The van der Waals surface area contributed by atoms with Crippen LogP contribution in [-0.2, 0) is 17.9 Å². The second kappa shape index (κ2) is 8.83. The Bertz CT molecular complexity index is 1120. The largest absolute Gasteiger partial charge is 0.457 e. The Morgan fingerprint density at radius 3 is 2.77 bits per heavy atom. The number of pyridine rings is 1. The molecule has 0 fully saturated rings. The molecule has 1 aliphatic rings. The summed E-state index contributed by atoms with van der Waals surface area (Å²) in [4.78, 5) is 16.1. The third-order valence-electron chi connectivity index (χ3n) is 5.59. The summed E-state index contributed by atoms with van der Waals surface area (Å²) < 4.78 is 19.0. The number of rotatable bonds is 7. The monoisotopic (exact) mass is 421 g/mol. The number of aliphatic hydroxyl groups is 1. The van der Waals surface area contributed by atoms with Crippen LogP contribution in [0.4, 0.5) is 10.1 Å². The highest BCUT2D eigenvalue weighted by molar-refractivity contribution is 5.93. The number of nitrogens with one attached hydrogen (secondary N) is 2. The molecule has 160 valence electrons. The van der Waals surface area contributed by atoms with Crippen LogP contribution in [0.5, 0.6) is 0 Å². The zero-order valence-electron chi connectivity index (χ0n) is 17.4. The smallest absolute Gasteiger partial charge is 0.338 e. The van der Waals surface area contributed by atoms with Crippen LogP contribution in [0.25, 0.3) is 11.3 Å². The molecular formula is C24H24FN3O3. The van der Waals surface area contributed by atoms with E-state index >= 15 is 0 Å². The third kappa shape index (κ3) is 4.28. The first kappa shape index (κ1) is 21.0. The van der Waals surface area contributed by atoms with Gasteiger partial charge in [0.1, 0.15) is 12.4 Å². The Kier molecular flexibility index (Phi) is 5.97. The Morgan fingerprint density at radius 2 is 2.06 bits per heavy atom. The van der Waals surface area contributed by atoms with Gasteiger partial charge in [0, 0.05) is 37.5 Å². The minimum atomic E-state index is -0.707. The number of nitrogens with zero attached hydrogens (tertiary/aromatic N) is 1. The van der Waals surface area contributed by atoms with Gasteiger partial charge >= 0.3 is 5.97 Å². The van der Waals surface area contributed by atoms with Crippen molar-refractivity contribution in [3.05, 3.63) is 82.3 Å². The van der Waals surface area contributed by atoms with E-state index in [2.05, 4.69) is 15.6 Å². The minimum absolute atomic E-state index is 0.258. The molecule has 1 aromatic heterocycles. The molecule has 0 aliphatic carbocycles. The maximum atomic E-state index is 14.0. The lowest BCUT2D eigenvalue weighted by Crippen LogP contribution is -2.22. The molecule has 0 amide bonds. The summed E-state index contributed by atoms with van der Waals surface area (Å²) in [5, 5.41) is 16.6. The Morgan fingerprint density at radius 1 is 1.23 bits per heavy atom. The lowest BCUT2D eigenvalue weighted by molar-refractivity contribution is 0.0535. The topological polar surface area (TPSA) is 83.5 Å². The molecule has 1 unspecified atom stereocenters. The van der Waals surface area contributed by atoms with E-state index in [1.807, 2.05) is 25.1 Å². The highest BCUT2D eigenvalue weighted by atomic mass is 19.1. The van der Waals surface area contributed by atoms with Crippen molar-refractivity contribution in [2.75, 3.05) is 18.9 Å². The van der Waals surface area contributed by atoms with Crippen molar-refractivity contribution in [1.82, 2.24) is 10.3 Å². The molecule has 0 spiro atoms. The van der Waals surface area contributed by atoms with Crippen LogP contribution in [0.15, 0.2) is 48.7 Å². The lowest BCUT2D eigenvalue weighted by Gasteiger charge is -2.16. The molecule has 3 aromatic rings. The number of halogens is 1. The van der Waals surface area contributed by atoms with Gasteiger partial charge in [-0.15, -0.1) is 0 Å². The van der Waals surface area contributed by atoms with Crippen LogP contribution in [0.1, 0.15) is 38.7 Å². The van der Waals surface area contributed by atoms with E-state index < -0.39 is 6.10 Å². The number of carbonyl (C=O) groups is 1. The van der Waals surface area contributed by atoms with E-state index in [1.54, 1.807) is 31.4 Å². The molecule has 0 saturated heterocycles. The van der Waals surface area contributed by atoms with Crippen molar-refractivity contribution in [3.63, 3.8) is 0 Å². The van der Waals surface area contributed by atoms with E-state index in [-0.39, 0.29) is 18.4 Å². The zero-order chi connectivity index (χ0) is 22.0. The predicted octanol–water partition coefficient (Wildman–Crippen LogP) is 3.73. The minimum Gasteiger partial charge on any atom is -0.457 e. The fourth-order valence-electron chi connectivity index (χ4n) is 3.77. The summed E-state index contributed by atoms with van der Waals surface area (Å²) in [6.45, 7) is 3.04. The number of hydrogen-bond donors (Lipinski definition) is 3. The average Bonchev–Trinajstić information content (AvgIpc) is 3.16. The Hall–Kier alpha value is -3.29. The fraction of sp³-hybridized carbons (Fsp3) is 0.250. The third-order valence-corrected chi connectivity index (χ3v) is 5.59. The normalized spacial score (nSPS) is 13.6. The molecule has 3 N–H and O–H groups in total. The number of ether oxygens (including phenoxy) is 1. The Balaban J connectivity index is 1.36. The summed E-state index contributed by atoms with van der Waals surface area (Å²) in [5.74, 6) is -0.631. The second-order valence-electron chi connectivity index (χ2n) is 7.53. The van der Waals surface area contributed by atoms with Crippen LogP contribution >= 0.6 is 0 Å². The molecule has 0 saturated carbocycles. The molecule has 1 aliphatic heterocycles. The number of aliphatic hydroxyl groups excluding tert-OH is 1. The predicted molar refractivity (Wildman–Crippen MR) is 116 cm³/mol. The first-order valence-corrected chi connectivity index (χ1v) is 10.1. The fourth-order valence-corrected chi connectivity index (χ4v) is 3.77. The van der Waals surface area contributed by atoms with Gasteiger partial charge in [-0.2, -0.15) is 0 Å². The zero-order valence-corrected chi connectivity index (χ0v) is 17.4. The van der Waals surface area contributed by atoms with Crippen molar-refractivity contribution in [1.29, 1.82) is 0 Å². The van der Waals surface area contributed by atoms with Crippen LogP contribution in [0.2, 0.25) is 0 Å². The summed E-state index contributed by atoms with van der Waals surface area (Å²) >= 11 is 0. The van der Waals surface area contributed by atoms with Crippen molar-refractivity contribution in [2.45, 2.75) is 26.2 Å². The maximum Gasteiger partial charge on any atom is 0.338 e. The Labute approximate surface area is 180 Å². The van der Waals surface area contributed by atoms with Crippen LogP contribution < -0.4 is 10.6 Å². The van der Waals surface area contributed by atoms with Crippen LogP contribution in [0, 0.1) is 12.7 Å². The van der Waals surface area contributed by atoms with Crippen molar-refractivity contribution >= 4 is 11.7 Å². The summed E-state index contributed by atoms with van der Waals surface area (Å²) in [7, 11) is 1.68. The van der Waals surface area contributed by atoms with Gasteiger partial charge in [0.25, 0.3) is 0 Å². The number of cyclic esters (lactones) is 1. The molecule has 2 heterocycles. The van der Waals surface area contributed by atoms with Crippen LogP contribution in [0.3, 0.4) is 0 Å². The number of aromatic nitrogens is 1. The van der Waals surface area contributed by atoms with Gasteiger partial charge in [-0.1, -0.05) is 18.2 Å². The molecule has 4 rings (SSSR count). The number of carbonyl (C=O) groups excluding carboxylic acids is 1. The highest BCUT2D eigenvalue weighted by Gasteiger charge is 2.25. The second-order valence-corrected chi connectivity index (χ2v) is 7.53. The van der Waals surface area contributed by atoms with Gasteiger partial charge < -0.3 is 20.5 Å². The molecule has 6 nitrogen and oxygen atoms in total. The first-order chi connectivity index (χ1) is 15.0. The standard InChI is InChI=1S/C24H24FN3O3/c1-14-17(5-6-18-19(14)13-31-24(18)30)23(29)12-27-10-15-3-7-21(28-11-15)16-4-8-22(26-2)20(25)9-16/h3-9,11,23,26-27,29H,10,12-13H2,1-2H3. The van der Waals surface area contributed by atoms with Crippen LogP contribution in [-0.4, -0.2) is 29.7 Å². The van der Waals surface area contributed by atoms with Gasteiger partial charge in [0.05, 0.1) is 23.0 Å². The SMILES string of the molecule is CNc1ccc(-c2ccc(CNCC(O)c3ccc4c(c3C)COC4=O)cn2)cc1F. The van der Waals surface area contributed by atoms with Crippen molar-refractivity contribution < 1.29 is 19.0 Å². The highest BCUT2D eigenvalue weighted by Crippen LogP contribution is 2.29. The van der Waals surface area contributed by atoms with Crippen molar-refractivity contribution in [3.8, 4) is 11.3 Å². The summed E-state index contributed by atoms with van der Waals surface area (Å²) in [6.07, 6.45) is 1.03. The molecule has 1 atom stereocenters. The quantitative estimate of drug-likeness (QED) is 0.504. The van der Waals surface area contributed by atoms with E-state index in [0.29, 0.717) is 35.6 Å². The number of anilines is 1. The van der Waals surface area contributed by atoms with E-state index in [4.69, 9.17) is 4.74 Å². The lowest BCUT2D eigenvalue weighted by atomic mass is 9.95. The average molecular weight is 421 g/mol. The molecule has 2 aromatic carbocycles. The molecule has 0 radical (unpaired) electrons. The van der Waals surface area contributed by atoms with Crippen molar-refractivity contribution in [2.24, 2.45) is 0 Å². The van der Waals surface area contributed by atoms with E-state index in [1.165, 1.54) is 6.07 Å². The molecular weight excluding hydrogens is 397 g/mol. The molecule has 7 heteroatoms. The summed E-state index contributed by atoms with van der Waals surface area (Å²) in [5.41, 5.74) is 5.89. The summed E-state index contributed by atoms with van der Waals surface area (Å²) in [6, 6.07) is 12.2. The van der Waals surface area contributed by atoms with Gasteiger partial charge in [-0.25, -0.2) is 9.18 Å². The molecule has 0 bridgehead atoms. The van der Waals surface area contributed by atoms with E-state index in [0.717, 1.165) is 22.3 Å². The molecule has 31 heavy (non-hydrogen) atoms. The van der Waals surface area contributed by atoms with E-state index in [9.17, 15) is 14.3 Å². The number of fused-ring (bicyclic) bond motifs is 1. The van der Waals surface area contributed by atoms with Gasteiger partial charge in [-0.05, 0) is 47.9 Å². The number of benzene rings is 2. The first-order valence-electron chi connectivity index (χ1n) is 10.1. The maximum absolute atomic E-state index is 14.0. The van der Waals surface area contributed by atoms with Gasteiger partial charge in [0.15, 0.2) is 0 Å². The van der Waals surface area contributed by atoms with Gasteiger partial charge in [0.2, 0.25) is 0 Å². The number of hydrogen-bond acceptors (Lipinski definition) is 6. The van der Waals surface area contributed by atoms with Gasteiger partial charge in [-0.3, -0.25) is 4.98 Å².